The molecule has 0 saturated carbocycles. The largest absolute Gasteiger partial charge is 0.490 e. The first kappa shape index (κ1) is 11.6. The normalized spacial score (nSPS) is 8.62. The molecule has 1 aromatic rings. The van der Waals surface area contributed by atoms with Gasteiger partial charge in [-0.2, -0.15) is 0 Å². The van der Waals surface area contributed by atoms with Crippen LogP contribution in [0.25, 0.3) is 0 Å². The molecule has 0 radical (unpaired) electrons. The number of rotatable bonds is 2. The van der Waals surface area contributed by atoms with Crippen molar-refractivity contribution in [1.82, 2.24) is 9.97 Å². The minimum atomic E-state index is -0.303. The van der Waals surface area contributed by atoms with Gasteiger partial charge in [0.05, 0.1) is 19.9 Å². The molecule has 1 aromatic heterocycles. The number of aromatic amines is 1. The lowest BCUT2D eigenvalue weighted by Crippen LogP contribution is -2.15. The molecule has 1 heterocycles. The summed E-state index contributed by atoms with van der Waals surface area (Å²) in [7, 11) is 1.41. The van der Waals surface area contributed by atoms with Crippen molar-refractivity contribution in [2.75, 3.05) is 7.11 Å². The third-order valence-corrected chi connectivity index (χ3v) is 1.23. The van der Waals surface area contributed by atoms with Gasteiger partial charge in [-0.3, -0.25) is 4.79 Å². The predicted molar refractivity (Wildman–Crippen MR) is 50.6 cm³/mol. The molecule has 13 heavy (non-hydrogen) atoms. The summed E-state index contributed by atoms with van der Waals surface area (Å²) in [6, 6.07) is 0. The van der Waals surface area contributed by atoms with Crippen LogP contribution in [0.3, 0.4) is 0 Å². The van der Waals surface area contributed by atoms with E-state index < -0.39 is 0 Å². The van der Waals surface area contributed by atoms with E-state index in [4.69, 9.17) is 10.5 Å². The lowest BCUT2D eigenvalue weighted by Gasteiger charge is -1.98. The van der Waals surface area contributed by atoms with Gasteiger partial charge in [0, 0.05) is 0 Å². The highest BCUT2D eigenvalue weighted by Gasteiger charge is 1.98. The number of nitrogens with two attached hydrogens (primary N) is 1. The lowest BCUT2D eigenvalue weighted by atomic mass is 10.5. The number of ether oxygens (including phenoxy) is 1. The Kier molecular flexibility index (Phi) is 5.54. The standard InChI is InChI=1S/C6H9N3O2.C2H6/c1-11-4-3-8-5(2-7)9-6(4)10;1-2/h3H,2,7H2,1H3,(H,8,9,10);1-2H3. The maximum Gasteiger partial charge on any atom is 0.293 e. The van der Waals surface area contributed by atoms with Gasteiger partial charge < -0.3 is 15.5 Å². The second-order valence-corrected chi connectivity index (χ2v) is 1.93. The van der Waals surface area contributed by atoms with Crippen LogP contribution < -0.4 is 16.0 Å². The van der Waals surface area contributed by atoms with Crippen molar-refractivity contribution in [2.45, 2.75) is 20.4 Å². The zero-order valence-electron chi connectivity index (χ0n) is 8.13. The predicted octanol–water partition coefficient (Wildman–Crippen LogP) is 0.263. The fourth-order valence-corrected chi connectivity index (χ4v) is 0.669. The molecule has 5 nitrogen and oxygen atoms in total. The van der Waals surface area contributed by atoms with Gasteiger partial charge in [0.15, 0.2) is 0 Å². The van der Waals surface area contributed by atoms with Crippen LogP contribution in [0.2, 0.25) is 0 Å². The van der Waals surface area contributed by atoms with Crippen LogP contribution in [0, 0.1) is 0 Å². The van der Waals surface area contributed by atoms with Crippen LogP contribution in [0.4, 0.5) is 0 Å². The molecule has 74 valence electrons. The number of nitrogens with one attached hydrogen (secondary N) is 1. The maximum absolute atomic E-state index is 11.0. The van der Waals surface area contributed by atoms with Gasteiger partial charge in [-0.15, -0.1) is 0 Å². The first-order valence-corrected chi connectivity index (χ1v) is 4.10. The molecule has 0 saturated heterocycles. The summed E-state index contributed by atoms with van der Waals surface area (Å²) in [5, 5.41) is 0. The molecule has 3 N–H and O–H groups in total. The minimum Gasteiger partial charge on any atom is -0.490 e. The second-order valence-electron chi connectivity index (χ2n) is 1.93. The third-order valence-electron chi connectivity index (χ3n) is 1.23. The topological polar surface area (TPSA) is 81.0 Å². The molecule has 0 unspecified atom stereocenters. The van der Waals surface area contributed by atoms with Crippen LogP contribution in [-0.4, -0.2) is 17.1 Å². The van der Waals surface area contributed by atoms with E-state index in [9.17, 15) is 4.79 Å². The maximum atomic E-state index is 11.0. The molecule has 0 aliphatic heterocycles. The van der Waals surface area contributed by atoms with Crippen molar-refractivity contribution in [1.29, 1.82) is 0 Å². The zero-order valence-corrected chi connectivity index (χ0v) is 8.13. The SMILES string of the molecule is CC.COc1cnc(CN)[nH]c1=O. The van der Waals surface area contributed by atoms with Crippen LogP contribution in [0.5, 0.6) is 5.75 Å². The Balaban J connectivity index is 0.000000671. The highest BCUT2D eigenvalue weighted by molar-refractivity contribution is 5.12. The summed E-state index contributed by atoms with van der Waals surface area (Å²) in [6.07, 6.45) is 1.35. The summed E-state index contributed by atoms with van der Waals surface area (Å²) in [5.41, 5.74) is 4.93. The van der Waals surface area contributed by atoms with Gasteiger partial charge in [-0.1, -0.05) is 13.8 Å². The number of H-pyrrole nitrogens is 1. The van der Waals surface area contributed by atoms with E-state index in [1.807, 2.05) is 13.8 Å². The second kappa shape index (κ2) is 6.19. The Morgan fingerprint density at radius 3 is 2.62 bits per heavy atom. The number of aromatic nitrogens is 2. The van der Waals surface area contributed by atoms with Crippen LogP contribution in [0.15, 0.2) is 11.0 Å². The van der Waals surface area contributed by atoms with Crippen molar-refractivity contribution >= 4 is 0 Å². The lowest BCUT2D eigenvalue weighted by molar-refractivity contribution is 0.405. The monoisotopic (exact) mass is 185 g/mol. The summed E-state index contributed by atoms with van der Waals surface area (Å²) < 4.78 is 4.70. The Morgan fingerprint density at radius 1 is 1.62 bits per heavy atom. The number of hydrogen-bond donors (Lipinski definition) is 2. The molecular formula is C8H15N3O2. The smallest absolute Gasteiger partial charge is 0.293 e. The molecular weight excluding hydrogens is 170 g/mol. The molecule has 0 aliphatic rings. The van der Waals surface area contributed by atoms with Crippen LogP contribution >= 0.6 is 0 Å². The summed E-state index contributed by atoms with van der Waals surface area (Å²) >= 11 is 0. The molecule has 0 spiro atoms. The average molecular weight is 185 g/mol. The van der Waals surface area contributed by atoms with Crippen molar-refractivity contribution in [2.24, 2.45) is 5.73 Å². The van der Waals surface area contributed by atoms with Crippen molar-refractivity contribution in [3.63, 3.8) is 0 Å². The fraction of sp³-hybridized carbons (Fsp3) is 0.500. The molecule has 1 rings (SSSR count). The fourth-order valence-electron chi connectivity index (χ4n) is 0.669. The number of methoxy groups -OCH3 is 1. The average Bonchev–Trinajstić information content (AvgIpc) is 2.20. The summed E-state index contributed by atoms with van der Waals surface area (Å²) in [5.74, 6) is 0.651. The first-order chi connectivity index (χ1) is 6.27. The molecule has 0 bridgehead atoms. The van der Waals surface area contributed by atoms with Crippen molar-refractivity contribution < 1.29 is 4.74 Å². The quantitative estimate of drug-likeness (QED) is 0.692. The number of hydrogen-bond acceptors (Lipinski definition) is 4. The Hall–Kier alpha value is -1.36. The van der Waals surface area contributed by atoms with Gasteiger partial charge in [0.25, 0.3) is 5.56 Å². The van der Waals surface area contributed by atoms with Crippen LogP contribution in [0.1, 0.15) is 19.7 Å². The van der Waals surface area contributed by atoms with E-state index in [1.54, 1.807) is 0 Å². The Morgan fingerprint density at radius 2 is 2.23 bits per heavy atom. The highest BCUT2D eigenvalue weighted by atomic mass is 16.5. The molecule has 0 atom stereocenters. The van der Waals surface area contributed by atoms with Gasteiger partial charge >= 0.3 is 0 Å². The molecule has 0 aliphatic carbocycles. The Labute approximate surface area is 77.0 Å². The zero-order chi connectivity index (χ0) is 10.3. The molecule has 0 fully saturated rings. The third kappa shape index (κ3) is 3.25. The van der Waals surface area contributed by atoms with E-state index in [0.717, 1.165) is 0 Å². The van der Waals surface area contributed by atoms with Gasteiger partial charge in [0.2, 0.25) is 5.75 Å². The first-order valence-electron chi connectivity index (χ1n) is 4.10. The van der Waals surface area contributed by atoms with E-state index in [0.29, 0.717) is 5.82 Å². The van der Waals surface area contributed by atoms with E-state index in [2.05, 4.69) is 9.97 Å². The number of nitrogens with zero attached hydrogens (tertiary/aromatic N) is 1. The highest BCUT2D eigenvalue weighted by Crippen LogP contribution is 1.96. The van der Waals surface area contributed by atoms with E-state index in [-0.39, 0.29) is 17.9 Å². The van der Waals surface area contributed by atoms with E-state index >= 15 is 0 Å². The van der Waals surface area contributed by atoms with Gasteiger partial charge in [-0.25, -0.2) is 4.98 Å². The molecule has 0 amide bonds. The van der Waals surface area contributed by atoms with E-state index in [1.165, 1.54) is 13.3 Å². The minimum absolute atomic E-state index is 0.196. The molecule has 0 aromatic carbocycles. The molecule has 5 heteroatoms. The van der Waals surface area contributed by atoms with Crippen LogP contribution in [-0.2, 0) is 6.54 Å². The Bertz CT molecular complexity index is 296. The van der Waals surface area contributed by atoms with Crippen molar-refractivity contribution in [3.8, 4) is 5.75 Å². The van der Waals surface area contributed by atoms with Gasteiger partial charge in [-0.05, 0) is 0 Å². The van der Waals surface area contributed by atoms with Crippen molar-refractivity contribution in [3.05, 3.63) is 22.4 Å². The summed E-state index contributed by atoms with van der Waals surface area (Å²) in [4.78, 5) is 17.2. The van der Waals surface area contributed by atoms with Gasteiger partial charge in [0.1, 0.15) is 5.82 Å². The summed E-state index contributed by atoms with van der Waals surface area (Å²) in [6.45, 7) is 4.22.